The van der Waals surface area contributed by atoms with Gasteiger partial charge in [0.05, 0.1) is 18.8 Å². The van der Waals surface area contributed by atoms with Gasteiger partial charge in [-0.05, 0) is 37.5 Å². The van der Waals surface area contributed by atoms with Gasteiger partial charge in [0, 0.05) is 32.7 Å². The number of Topliss-reactive ketones (excluding diaryl/α,β-unsaturated/α-hetero) is 2. The molecule has 42 heavy (non-hydrogen) atoms. The van der Waals surface area contributed by atoms with E-state index in [1.807, 2.05) is 0 Å². The Morgan fingerprint density at radius 2 is 1.67 bits per heavy atom. The summed E-state index contributed by atoms with van der Waals surface area (Å²) in [5, 5.41) is 17.5. The number of likely N-dealkylation sites (tertiary alicyclic amines) is 1. The highest BCUT2D eigenvalue weighted by Crippen LogP contribution is 2.24. The van der Waals surface area contributed by atoms with E-state index in [1.54, 1.807) is 32.1 Å². The summed E-state index contributed by atoms with van der Waals surface area (Å²) in [7, 11) is 0. The minimum absolute atomic E-state index is 0.0558. The SMILES string of the molecule is C=CCO[C@@H]1C[C@@H](C(=O)N[C@@H](CC(C)=O)C(C)=O)N(C(=O)[C@@H](NC(=O)[C@H](Cc2ccc(O)cc2)NC(C)=O)C(C)C)C1. The third-order valence-corrected chi connectivity index (χ3v) is 6.90. The molecule has 4 N–H and O–H groups in total. The molecule has 0 aliphatic carbocycles. The Morgan fingerprint density at radius 1 is 1.02 bits per heavy atom. The number of benzene rings is 1. The van der Waals surface area contributed by atoms with Gasteiger partial charge in [0.2, 0.25) is 23.6 Å². The third-order valence-electron chi connectivity index (χ3n) is 6.90. The maximum atomic E-state index is 13.9. The van der Waals surface area contributed by atoms with Crippen molar-refractivity contribution in [1.29, 1.82) is 0 Å². The maximum absolute atomic E-state index is 13.9. The number of hydrogen-bond donors (Lipinski definition) is 4. The van der Waals surface area contributed by atoms with Crippen molar-refractivity contribution < 1.29 is 38.6 Å². The number of carbonyl (C=O) groups is 6. The Morgan fingerprint density at radius 3 is 2.19 bits per heavy atom. The average molecular weight is 587 g/mol. The molecule has 0 unspecified atom stereocenters. The Balaban J connectivity index is 2.30. The smallest absolute Gasteiger partial charge is 0.246 e. The topological polar surface area (TPSA) is 171 Å². The number of phenolic OH excluding ortho intramolecular Hbond substituents is 1. The van der Waals surface area contributed by atoms with Crippen LogP contribution in [0.5, 0.6) is 5.75 Å². The molecule has 1 aliphatic rings. The van der Waals surface area contributed by atoms with Crippen LogP contribution in [0.4, 0.5) is 0 Å². The molecular weight excluding hydrogens is 544 g/mol. The van der Waals surface area contributed by atoms with E-state index in [1.165, 1.54) is 37.8 Å². The largest absolute Gasteiger partial charge is 0.508 e. The van der Waals surface area contributed by atoms with Crippen LogP contribution in [0.2, 0.25) is 0 Å². The minimum atomic E-state index is -1.05. The summed E-state index contributed by atoms with van der Waals surface area (Å²) in [6, 6.07) is 2.08. The second-order valence-electron chi connectivity index (χ2n) is 10.9. The van der Waals surface area contributed by atoms with Crippen molar-refractivity contribution in [2.24, 2.45) is 5.92 Å². The first-order valence-electron chi connectivity index (χ1n) is 13.9. The number of ether oxygens (including phenoxy) is 1. The first-order valence-corrected chi connectivity index (χ1v) is 13.9. The van der Waals surface area contributed by atoms with Crippen molar-refractivity contribution in [1.82, 2.24) is 20.9 Å². The molecule has 0 bridgehead atoms. The lowest BCUT2D eigenvalue weighted by atomic mass is 10.00. The lowest BCUT2D eigenvalue weighted by Gasteiger charge is -2.32. The molecule has 0 spiro atoms. The van der Waals surface area contributed by atoms with E-state index in [0.717, 1.165) is 0 Å². The maximum Gasteiger partial charge on any atom is 0.246 e. The molecule has 1 saturated heterocycles. The molecule has 1 fully saturated rings. The van der Waals surface area contributed by atoms with E-state index < -0.39 is 59.8 Å². The van der Waals surface area contributed by atoms with Crippen molar-refractivity contribution in [3.05, 3.63) is 42.5 Å². The average Bonchev–Trinajstić information content (AvgIpc) is 3.34. The quantitative estimate of drug-likeness (QED) is 0.219. The Kier molecular flexibility index (Phi) is 12.9. The van der Waals surface area contributed by atoms with Crippen LogP contribution >= 0.6 is 0 Å². The summed E-state index contributed by atoms with van der Waals surface area (Å²) >= 11 is 0. The number of carbonyl (C=O) groups excluding carboxylic acids is 6. The molecule has 1 heterocycles. The second kappa shape index (κ2) is 15.8. The highest BCUT2D eigenvalue weighted by Gasteiger charge is 2.44. The number of rotatable bonds is 15. The lowest BCUT2D eigenvalue weighted by molar-refractivity contribution is -0.143. The molecule has 0 radical (unpaired) electrons. The fraction of sp³-hybridized carbons (Fsp3) is 0.533. The predicted molar refractivity (Wildman–Crippen MR) is 154 cm³/mol. The van der Waals surface area contributed by atoms with Crippen LogP contribution in [-0.2, 0) is 39.9 Å². The molecular formula is C30H42N4O8. The molecule has 230 valence electrons. The highest BCUT2D eigenvalue weighted by atomic mass is 16.5. The highest BCUT2D eigenvalue weighted by molar-refractivity contribution is 5.97. The third kappa shape index (κ3) is 10.1. The van der Waals surface area contributed by atoms with Crippen molar-refractivity contribution >= 4 is 35.2 Å². The van der Waals surface area contributed by atoms with Crippen LogP contribution in [0.15, 0.2) is 36.9 Å². The number of amides is 4. The van der Waals surface area contributed by atoms with Gasteiger partial charge in [0.1, 0.15) is 29.7 Å². The normalized spacial score (nSPS) is 18.5. The molecule has 5 atom stereocenters. The Hall–Kier alpha value is -4.06. The van der Waals surface area contributed by atoms with E-state index in [0.29, 0.717) is 5.56 Å². The number of nitrogens with zero attached hydrogens (tertiary/aromatic N) is 1. The zero-order valence-corrected chi connectivity index (χ0v) is 24.8. The van der Waals surface area contributed by atoms with Crippen LogP contribution in [0, 0.1) is 5.92 Å². The second-order valence-corrected chi connectivity index (χ2v) is 10.9. The first-order chi connectivity index (χ1) is 19.7. The van der Waals surface area contributed by atoms with E-state index in [4.69, 9.17) is 4.74 Å². The molecule has 1 aromatic carbocycles. The fourth-order valence-electron chi connectivity index (χ4n) is 4.73. The number of phenols is 1. The standard InChI is InChI=1S/C30H42N4O8/c1-7-12-42-23-15-26(29(40)32-24(19(5)36)13-18(4)35)34(16-23)30(41)27(17(2)3)33-28(39)25(31-20(6)37)14-21-8-10-22(38)11-9-21/h7-11,17,23-27,38H,1,12-16H2,2-6H3,(H,31,37)(H,32,40)(H,33,39)/t23-,24+,25+,26+,27+/m1/s1. The molecule has 4 amide bonds. The van der Waals surface area contributed by atoms with Gasteiger partial charge < -0.3 is 30.7 Å². The summed E-state index contributed by atoms with van der Waals surface area (Å²) in [4.78, 5) is 77.6. The van der Waals surface area contributed by atoms with Crippen LogP contribution in [0.25, 0.3) is 0 Å². The Bertz CT molecular complexity index is 1170. The molecule has 12 heteroatoms. The lowest BCUT2D eigenvalue weighted by Crippen LogP contribution is -2.59. The van der Waals surface area contributed by atoms with Crippen molar-refractivity contribution in [2.45, 2.75) is 84.2 Å². The van der Waals surface area contributed by atoms with Crippen LogP contribution in [0.3, 0.4) is 0 Å². The first kappa shape index (κ1) is 34.1. The Labute approximate surface area is 246 Å². The molecule has 1 aliphatic heterocycles. The predicted octanol–water partition coefficient (Wildman–Crippen LogP) is 0.805. The zero-order chi connectivity index (χ0) is 31.6. The van der Waals surface area contributed by atoms with Gasteiger partial charge in [-0.3, -0.25) is 28.8 Å². The summed E-state index contributed by atoms with van der Waals surface area (Å²) in [5.41, 5.74) is 0.679. The van der Waals surface area contributed by atoms with Crippen molar-refractivity contribution in [3.8, 4) is 5.75 Å². The molecule has 0 aromatic heterocycles. The summed E-state index contributed by atoms with van der Waals surface area (Å²) < 4.78 is 5.74. The van der Waals surface area contributed by atoms with Gasteiger partial charge in [-0.2, -0.15) is 0 Å². The van der Waals surface area contributed by atoms with Crippen LogP contribution in [0.1, 0.15) is 53.0 Å². The van der Waals surface area contributed by atoms with Crippen molar-refractivity contribution in [3.63, 3.8) is 0 Å². The van der Waals surface area contributed by atoms with E-state index >= 15 is 0 Å². The van der Waals surface area contributed by atoms with E-state index in [9.17, 15) is 33.9 Å². The number of hydrogen-bond acceptors (Lipinski definition) is 8. The number of ketones is 2. The minimum Gasteiger partial charge on any atom is -0.508 e. The van der Waals surface area contributed by atoms with Gasteiger partial charge in [-0.15, -0.1) is 6.58 Å². The van der Waals surface area contributed by atoms with Crippen LogP contribution < -0.4 is 16.0 Å². The van der Waals surface area contributed by atoms with Gasteiger partial charge in [-0.25, -0.2) is 0 Å². The summed E-state index contributed by atoms with van der Waals surface area (Å²) in [6.07, 6.45) is 1.13. The molecule has 0 saturated carbocycles. The van der Waals surface area contributed by atoms with Gasteiger partial charge in [0.25, 0.3) is 0 Å². The van der Waals surface area contributed by atoms with Crippen molar-refractivity contribution in [2.75, 3.05) is 13.2 Å². The molecule has 12 nitrogen and oxygen atoms in total. The summed E-state index contributed by atoms with van der Waals surface area (Å²) in [6.45, 7) is 11.2. The van der Waals surface area contributed by atoms with Gasteiger partial charge in [0.15, 0.2) is 5.78 Å². The van der Waals surface area contributed by atoms with E-state index in [2.05, 4.69) is 22.5 Å². The number of aromatic hydroxyl groups is 1. The number of nitrogens with one attached hydrogen (secondary N) is 3. The van der Waals surface area contributed by atoms with Gasteiger partial charge >= 0.3 is 0 Å². The monoisotopic (exact) mass is 586 g/mol. The zero-order valence-electron chi connectivity index (χ0n) is 24.8. The van der Waals surface area contributed by atoms with E-state index in [-0.39, 0.29) is 49.7 Å². The van der Waals surface area contributed by atoms with Crippen LogP contribution in [-0.4, -0.2) is 88.6 Å². The molecule has 1 aromatic rings. The summed E-state index contributed by atoms with van der Waals surface area (Å²) in [5.74, 6) is -3.17. The molecule has 2 rings (SSSR count). The van der Waals surface area contributed by atoms with Gasteiger partial charge in [-0.1, -0.05) is 32.1 Å². The fourth-order valence-corrected chi connectivity index (χ4v) is 4.73.